The molecule has 0 bridgehead atoms. The molecule has 0 spiro atoms. The smallest absolute Gasteiger partial charge is 0.411 e. The summed E-state index contributed by atoms with van der Waals surface area (Å²) in [6, 6.07) is 16.5. The van der Waals surface area contributed by atoms with Crippen LogP contribution in [0.15, 0.2) is 60.8 Å². The van der Waals surface area contributed by atoms with Crippen LogP contribution in [-0.2, 0) is 16.1 Å². The number of primary amides is 1. The van der Waals surface area contributed by atoms with Crippen molar-refractivity contribution in [2.75, 3.05) is 11.9 Å². The first-order chi connectivity index (χ1) is 14.0. The van der Waals surface area contributed by atoms with Crippen molar-refractivity contribution in [2.45, 2.75) is 19.1 Å². The van der Waals surface area contributed by atoms with E-state index >= 15 is 0 Å². The van der Waals surface area contributed by atoms with Crippen LogP contribution in [0.2, 0.25) is 5.02 Å². The molecular weight excluding hydrogens is 392 g/mol. The SMILES string of the molecule is NC(=O)CC(CNCc1ccccc1Cl)OC(=O)Nc1ccc2ncccc2c1. The Morgan fingerprint density at radius 3 is 2.76 bits per heavy atom. The number of aromatic nitrogens is 1. The van der Waals surface area contributed by atoms with Crippen LogP contribution in [0.4, 0.5) is 10.5 Å². The molecule has 0 aliphatic rings. The summed E-state index contributed by atoms with van der Waals surface area (Å²) in [5.41, 5.74) is 7.58. The van der Waals surface area contributed by atoms with Gasteiger partial charge in [0.25, 0.3) is 0 Å². The molecule has 1 aromatic heterocycles. The van der Waals surface area contributed by atoms with E-state index in [1.807, 2.05) is 30.3 Å². The molecule has 0 aliphatic heterocycles. The molecule has 0 aliphatic carbocycles. The molecular formula is C21H21ClN4O3. The number of anilines is 1. The van der Waals surface area contributed by atoms with Gasteiger partial charge in [-0.3, -0.25) is 15.1 Å². The third kappa shape index (κ3) is 6.17. The topological polar surface area (TPSA) is 106 Å². The van der Waals surface area contributed by atoms with E-state index in [0.717, 1.165) is 16.5 Å². The van der Waals surface area contributed by atoms with Crippen LogP contribution in [0.25, 0.3) is 10.9 Å². The number of pyridine rings is 1. The Morgan fingerprint density at radius 1 is 1.14 bits per heavy atom. The van der Waals surface area contributed by atoms with Gasteiger partial charge in [-0.2, -0.15) is 0 Å². The van der Waals surface area contributed by atoms with Gasteiger partial charge in [-0.25, -0.2) is 4.79 Å². The van der Waals surface area contributed by atoms with Crippen molar-refractivity contribution in [1.29, 1.82) is 0 Å². The lowest BCUT2D eigenvalue weighted by Crippen LogP contribution is -2.35. The number of hydrogen-bond acceptors (Lipinski definition) is 5. The van der Waals surface area contributed by atoms with Crippen molar-refractivity contribution < 1.29 is 14.3 Å². The zero-order valence-electron chi connectivity index (χ0n) is 15.6. The van der Waals surface area contributed by atoms with Gasteiger partial charge >= 0.3 is 6.09 Å². The summed E-state index contributed by atoms with van der Waals surface area (Å²) in [5, 5.41) is 7.33. The van der Waals surface area contributed by atoms with Crippen molar-refractivity contribution in [3.05, 3.63) is 71.4 Å². The first-order valence-corrected chi connectivity index (χ1v) is 9.44. The van der Waals surface area contributed by atoms with Gasteiger partial charge in [0.15, 0.2) is 0 Å². The number of rotatable bonds is 8. The molecule has 0 radical (unpaired) electrons. The highest BCUT2D eigenvalue weighted by Crippen LogP contribution is 2.18. The predicted molar refractivity (Wildman–Crippen MR) is 113 cm³/mol. The maximum absolute atomic E-state index is 12.3. The van der Waals surface area contributed by atoms with Gasteiger partial charge < -0.3 is 15.8 Å². The summed E-state index contributed by atoms with van der Waals surface area (Å²) < 4.78 is 5.38. The predicted octanol–water partition coefficient (Wildman–Crippen LogP) is 3.47. The standard InChI is InChI=1S/C21H21ClN4O3/c22-18-6-2-1-4-15(18)12-24-13-17(11-20(23)27)29-21(28)26-16-7-8-19-14(10-16)5-3-9-25-19/h1-10,17,24H,11-13H2,(H2,23,27)(H,26,28). The molecule has 4 N–H and O–H groups in total. The molecule has 0 saturated carbocycles. The van der Waals surface area contributed by atoms with E-state index in [1.165, 1.54) is 0 Å². The van der Waals surface area contributed by atoms with E-state index in [2.05, 4.69) is 15.6 Å². The highest BCUT2D eigenvalue weighted by atomic mass is 35.5. The average Bonchev–Trinajstić information content (AvgIpc) is 2.68. The molecule has 1 unspecified atom stereocenters. The number of carbonyl (C=O) groups is 2. The van der Waals surface area contributed by atoms with Crippen LogP contribution in [0, 0.1) is 0 Å². The number of amides is 2. The molecule has 0 saturated heterocycles. The average molecular weight is 413 g/mol. The van der Waals surface area contributed by atoms with Crippen LogP contribution in [-0.4, -0.2) is 29.6 Å². The van der Waals surface area contributed by atoms with Gasteiger partial charge in [0.2, 0.25) is 5.91 Å². The number of hydrogen-bond donors (Lipinski definition) is 3. The first-order valence-electron chi connectivity index (χ1n) is 9.06. The molecule has 1 heterocycles. The number of fused-ring (bicyclic) bond motifs is 1. The minimum atomic E-state index is -0.711. The van der Waals surface area contributed by atoms with Crippen LogP contribution in [0.3, 0.4) is 0 Å². The lowest BCUT2D eigenvalue weighted by Gasteiger charge is -2.18. The molecule has 0 fully saturated rings. The quantitative estimate of drug-likeness (QED) is 0.525. The van der Waals surface area contributed by atoms with Crippen molar-refractivity contribution >= 4 is 40.2 Å². The number of nitrogens with two attached hydrogens (primary N) is 1. The van der Waals surface area contributed by atoms with E-state index in [4.69, 9.17) is 22.1 Å². The molecule has 29 heavy (non-hydrogen) atoms. The lowest BCUT2D eigenvalue weighted by atomic mass is 10.2. The zero-order valence-corrected chi connectivity index (χ0v) is 16.4. The minimum absolute atomic E-state index is 0.0927. The molecule has 150 valence electrons. The third-order valence-corrected chi connectivity index (χ3v) is 4.57. The summed E-state index contributed by atoms with van der Waals surface area (Å²) in [5.74, 6) is -0.556. The molecule has 3 rings (SSSR count). The van der Waals surface area contributed by atoms with E-state index in [0.29, 0.717) is 17.3 Å². The van der Waals surface area contributed by atoms with Crippen LogP contribution in [0.5, 0.6) is 0 Å². The number of benzene rings is 2. The normalized spacial score (nSPS) is 11.8. The van der Waals surface area contributed by atoms with Gasteiger partial charge in [0.1, 0.15) is 6.10 Å². The maximum atomic E-state index is 12.3. The fourth-order valence-electron chi connectivity index (χ4n) is 2.84. The second-order valence-corrected chi connectivity index (χ2v) is 6.86. The van der Waals surface area contributed by atoms with Gasteiger partial charge in [0, 0.05) is 35.4 Å². The maximum Gasteiger partial charge on any atom is 0.411 e. The number of carbonyl (C=O) groups excluding carboxylic acids is 2. The van der Waals surface area contributed by atoms with E-state index in [9.17, 15) is 9.59 Å². The summed E-state index contributed by atoms with van der Waals surface area (Å²) in [6.45, 7) is 0.723. The molecule has 2 amide bonds. The zero-order chi connectivity index (χ0) is 20.6. The van der Waals surface area contributed by atoms with Gasteiger partial charge in [-0.1, -0.05) is 35.9 Å². The first kappa shape index (κ1) is 20.6. The van der Waals surface area contributed by atoms with Gasteiger partial charge in [-0.05, 0) is 35.9 Å². The highest BCUT2D eigenvalue weighted by Gasteiger charge is 2.17. The Labute approximate surface area is 173 Å². The second-order valence-electron chi connectivity index (χ2n) is 6.46. The van der Waals surface area contributed by atoms with Crippen LogP contribution >= 0.6 is 11.6 Å². The fourth-order valence-corrected chi connectivity index (χ4v) is 3.04. The minimum Gasteiger partial charge on any atom is -0.444 e. The molecule has 3 aromatic rings. The Hall–Kier alpha value is -3.16. The van der Waals surface area contributed by atoms with Crippen molar-refractivity contribution in [1.82, 2.24) is 10.3 Å². The van der Waals surface area contributed by atoms with Crippen molar-refractivity contribution in [3.8, 4) is 0 Å². The summed E-state index contributed by atoms with van der Waals surface area (Å²) in [4.78, 5) is 27.9. The van der Waals surface area contributed by atoms with Gasteiger partial charge in [-0.15, -0.1) is 0 Å². The molecule has 1 atom stereocenters. The fraction of sp³-hybridized carbons (Fsp3) is 0.190. The van der Waals surface area contributed by atoms with Crippen LogP contribution in [0.1, 0.15) is 12.0 Å². The second kappa shape index (κ2) is 9.86. The van der Waals surface area contributed by atoms with Crippen molar-refractivity contribution in [2.24, 2.45) is 5.73 Å². The van der Waals surface area contributed by atoms with Gasteiger partial charge in [0.05, 0.1) is 11.9 Å². The van der Waals surface area contributed by atoms with E-state index < -0.39 is 18.1 Å². The Morgan fingerprint density at radius 2 is 1.97 bits per heavy atom. The number of ether oxygens (including phenoxy) is 1. The molecule has 8 heteroatoms. The Balaban J connectivity index is 1.57. The number of halogens is 1. The Bertz CT molecular complexity index is 1010. The molecule has 7 nitrogen and oxygen atoms in total. The number of nitrogens with zero attached hydrogens (tertiary/aromatic N) is 1. The summed E-state index contributed by atoms with van der Waals surface area (Å²) >= 11 is 6.13. The van der Waals surface area contributed by atoms with Crippen LogP contribution < -0.4 is 16.4 Å². The molecule has 2 aromatic carbocycles. The van der Waals surface area contributed by atoms with Crippen molar-refractivity contribution in [3.63, 3.8) is 0 Å². The monoisotopic (exact) mass is 412 g/mol. The number of nitrogens with one attached hydrogen (secondary N) is 2. The lowest BCUT2D eigenvalue weighted by molar-refractivity contribution is -0.119. The highest BCUT2D eigenvalue weighted by molar-refractivity contribution is 6.31. The third-order valence-electron chi connectivity index (χ3n) is 4.20. The Kier molecular flexibility index (Phi) is 6.99. The summed E-state index contributed by atoms with van der Waals surface area (Å²) in [7, 11) is 0. The van der Waals surface area contributed by atoms with E-state index in [-0.39, 0.29) is 13.0 Å². The van der Waals surface area contributed by atoms with E-state index in [1.54, 1.807) is 30.5 Å². The summed E-state index contributed by atoms with van der Waals surface area (Å²) in [6.07, 6.45) is 0.231. The largest absolute Gasteiger partial charge is 0.444 e.